The zero-order valence-corrected chi connectivity index (χ0v) is 16.9. The Bertz CT molecular complexity index is 781. The molecule has 0 radical (unpaired) electrons. The van der Waals surface area contributed by atoms with Crippen LogP contribution < -0.4 is 5.90 Å². The minimum absolute atomic E-state index is 0.0476. The average molecular weight is 398 g/mol. The van der Waals surface area contributed by atoms with Crippen LogP contribution >= 0.6 is 0 Å². The molecule has 1 saturated carbocycles. The molecular weight excluding hydrogens is 366 g/mol. The van der Waals surface area contributed by atoms with Crippen LogP contribution in [0.4, 0.5) is 0 Å². The highest BCUT2D eigenvalue weighted by atomic mass is 16.6. The Morgan fingerprint density at radius 2 is 1.97 bits per heavy atom. The van der Waals surface area contributed by atoms with Gasteiger partial charge >= 0.3 is 5.97 Å². The normalized spacial score (nSPS) is 16.9. The van der Waals surface area contributed by atoms with Gasteiger partial charge in [0.2, 0.25) is 0 Å². The molecule has 0 bridgehead atoms. The number of allylic oxidation sites excluding steroid dienone is 2. The Kier molecular flexibility index (Phi) is 7.87. The number of hydrogen-bond acceptors (Lipinski definition) is 4. The van der Waals surface area contributed by atoms with Crippen LogP contribution in [0.5, 0.6) is 0 Å². The van der Waals surface area contributed by atoms with E-state index in [-0.39, 0.29) is 12.5 Å². The van der Waals surface area contributed by atoms with E-state index in [1.54, 1.807) is 6.20 Å². The Labute approximate surface area is 172 Å². The van der Waals surface area contributed by atoms with Crippen molar-refractivity contribution in [2.24, 2.45) is 11.8 Å². The maximum Gasteiger partial charge on any atom is 0.303 e. The lowest BCUT2D eigenvalue weighted by molar-refractivity contribution is -0.137. The monoisotopic (exact) mass is 397 g/mol. The summed E-state index contributed by atoms with van der Waals surface area (Å²) in [6, 6.07) is 10.4. The standard InChI is InChI=1S/C23H31N3O3/c24-29-21(12-7-13-22(27)28)23(19-10-5-2-6-11-19)20(26-15-14-25-17-26)16-18-8-3-1-4-9-18/h1,3-4,8-9,14-15,17,19-20H,2,5-7,10-13,16,24H2,(H,27,28). The number of carboxylic acids is 1. The number of rotatable bonds is 10. The molecule has 0 spiro atoms. The SMILES string of the molecule is NOC(CCCC(=O)O)=C(C1CCCCC1)C(Cc1ccccc1)n1ccnc1. The molecule has 2 aromatic rings. The molecule has 6 heteroatoms. The molecule has 3 N–H and O–H groups in total. The van der Waals surface area contributed by atoms with Gasteiger partial charge in [-0.25, -0.2) is 4.98 Å². The van der Waals surface area contributed by atoms with Crippen molar-refractivity contribution in [3.05, 3.63) is 65.9 Å². The van der Waals surface area contributed by atoms with E-state index >= 15 is 0 Å². The van der Waals surface area contributed by atoms with Gasteiger partial charge in [0.15, 0.2) is 0 Å². The van der Waals surface area contributed by atoms with Gasteiger partial charge in [0, 0.05) is 25.2 Å². The van der Waals surface area contributed by atoms with Crippen LogP contribution in [0.3, 0.4) is 0 Å². The van der Waals surface area contributed by atoms with E-state index < -0.39 is 5.97 Å². The van der Waals surface area contributed by atoms with Gasteiger partial charge in [-0.1, -0.05) is 49.6 Å². The van der Waals surface area contributed by atoms with Gasteiger partial charge in [-0.2, -0.15) is 5.90 Å². The second-order valence-corrected chi connectivity index (χ2v) is 7.79. The number of nitrogens with two attached hydrogens (primary N) is 1. The number of carboxylic acid groups (broad SMARTS) is 1. The van der Waals surface area contributed by atoms with Crippen molar-refractivity contribution in [1.29, 1.82) is 0 Å². The summed E-state index contributed by atoms with van der Waals surface area (Å²) in [6.45, 7) is 0. The highest BCUT2D eigenvalue weighted by Crippen LogP contribution is 2.40. The number of hydrogen-bond donors (Lipinski definition) is 2. The first-order valence-corrected chi connectivity index (χ1v) is 10.5. The highest BCUT2D eigenvalue weighted by molar-refractivity contribution is 5.66. The second-order valence-electron chi connectivity index (χ2n) is 7.79. The Hall–Kier alpha value is -2.60. The summed E-state index contributed by atoms with van der Waals surface area (Å²) < 4.78 is 2.13. The molecule has 1 aliphatic carbocycles. The van der Waals surface area contributed by atoms with Crippen LogP contribution in [0.2, 0.25) is 0 Å². The zero-order valence-electron chi connectivity index (χ0n) is 16.9. The molecule has 0 amide bonds. The van der Waals surface area contributed by atoms with Crippen LogP contribution in [0.1, 0.15) is 63.0 Å². The summed E-state index contributed by atoms with van der Waals surface area (Å²) in [5.74, 6) is 6.09. The van der Waals surface area contributed by atoms with E-state index in [0.717, 1.165) is 25.0 Å². The van der Waals surface area contributed by atoms with Crippen molar-refractivity contribution in [2.75, 3.05) is 0 Å². The molecule has 1 aromatic heterocycles. The number of aliphatic carboxylic acids is 1. The maximum absolute atomic E-state index is 11.0. The lowest BCUT2D eigenvalue weighted by atomic mass is 9.78. The lowest BCUT2D eigenvalue weighted by Gasteiger charge is -2.32. The number of aromatic nitrogens is 2. The quantitative estimate of drug-likeness (QED) is 0.450. The van der Waals surface area contributed by atoms with Crippen LogP contribution in [0.25, 0.3) is 0 Å². The third-order valence-corrected chi connectivity index (χ3v) is 5.82. The third kappa shape index (κ3) is 5.94. The highest BCUT2D eigenvalue weighted by Gasteiger charge is 2.30. The van der Waals surface area contributed by atoms with Crippen LogP contribution in [-0.2, 0) is 16.1 Å². The van der Waals surface area contributed by atoms with Crippen molar-refractivity contribution in [3.8, 4) is 0 Å². The molecule has 1 atom stereocenters. The fourth-order valence-electron chi connectivity index (χ4n) is 4.44. The first-order chi connectivity index (χ1) is 14.2. The van der Waals surface area contributed by atoms with E-state index in [9.17, 15) is 4.79 Å². The fraction of sp³-hybridized carbons (Fsp3) is 0.478. The Morgan fingerprint density at radius 1 is 1.21 bits per heavy atom. The van der Waals surface area contributed by atoms with Crippen LogP contribution in [-0.4, -0.2) is 20.6 Å². The second kappa shape index (κ2) is 10.8. The van der Waals surface area contributed by atoms with Crippen molar-refractivity contribution in [2.45, 2.75) is 63.8 Å². The molecule has 1 unspecified atom stereocenters. The van der Waals surface area contributed by atoms with Crippen LogP contribution in [0.15, 0.2) is 60.4 Å². The first kappa shape index (κ1) is 21.1. The topological polar surface area (TPSA) is 90.4 Å². The summed E-state index contributed by atoms with van der Waals surface area (Å²) in [5, 5.41) is 9.04. The third-order valence-electron chi connectivity index (χ3n) is 5.82. The smallest absolute Gasteiger partial charge is 0.303 e. The van der Waals surface area contributed by atoms with Crippen molar-refractivity contribution < 1.29 is 14.7 Å². The Balaban J connectivity index is 1.98. The van der Waals surface area contributed by atoms with Gasteiger partial charge in [-0.05, 0) is 42.7 Å². The van der Waals surface area contributed by atoms with Crippen molar-refractivity contribution in [3.63, 3.8) is 0 Å². The molecule has 1 aliphatic rings. The average Bonchev–Trinajstić information content (AvgIpc) is 3.28. The summed E-state index contributed by atoms with van der Waals surface area (Å²) in [6.07, 6.45) is 13.5. The van der Waals surface area contributed by atoms with Gasteiger partial charge in [0.1, 0.15) is 5.76 Å². The molecule has 6 nitrogen and oxygen atoms in total. The lowest BCUT2D eigenvalue weighted by Crippen LogP contribution is -2.24. The summed E-state index contributed by atoms with van der Waals surface area (Å²) in [4.78, 5) is 20.7. The summed E-state index contributed by atoms with van der Waals surface area (Å²) in [5.41, 5.74) is 2.45. The molecule has 0 saturated heterocycles. The zero-order chi connectivity index (χ0) is 20.5. The largest absolute Gasteiger partial charge is 0.481 e. The molecule has 1 fully saturated rings. The predicted molar refractivity (Wildman–Crippen MR) is 112 cm³/mol. The van der Waals surface area contributed by atoms with E-state index in [1.807, 2.05) is 18.6 Å². The van der Waals surface area contributed by atoms with Gasteiger partial charge in [-0.15, -0.1) is 0 Å². The predicted octanol–water partition coefficient (Wildman–Crippen LogP) is 4.65. The number of nitrogens with zero attached hydrogens (tertiary/aromatic N) is 2. The molecule has 0 aliphatic heterocycles. The molecule has 156 valence electrons. The molecule has 1 heterocycles. The van der Waals surface area contributed by atoms with E-state index in [0.29, 0.717) is 18.8 Å². The molecule has 29 heavy (non-hydrogen) atoms. The minimum atomic E-state index is -0.795. The Morgan fingerprint density at radius 3 is 2.59 bits per heavy atom. The summed E-state index contributed by atoms with van der Waals surface area (Å²) >= 11 is 0. The minimum Gasteiger partial charge on any atom is -0.481 e. The van der Waals surface area contributed by atoms with Crippen molar-refractivity contribution in [1.82, 2.24) is 9.55 Å². The van der Waals surface area contributed by atoms with Gasteiger partial charge in [-0.3, -0.25) is 4.79 Å². The fourth-order valence-corrected chi connectivity index (χ4v) is 4.44. The molecular formula is C23H31N3O3. The van der Waals surface area contributed by atoms with E-state index in [4.69, 9.17) is 15.8 Å². The number of carbonyl (C=O) groups is 1. The first-order valence-electron chi connectivity index (χ1n) is 10.5. The maximum atomic E-state index is 11.0. The van der Waals surface area contributed by atoms with Gasteiger partial charge in [0.05, 0.1) is 12.4 Å². The van der Waals surface area contributed by atoms with Crippen molar-refractivity contribution >= 4 is 5.97 Å². The van der Waals surface area contributed by atoms with Gasteiger partial charge in [0.25, 0.3) is 0 Å². The number of imidazole rings is 1. The van der Waals surface area contributed by atoms with E-state index in [2.05, 4.69) is 33.8 Å². The van der Waals surface area contributed by atoms with E-state index in [1.165, 1.54) is 30.4 Å². The molecule has 3 rings (SSSR count). The molecule has 1 aromatic carbocycles. The number of benzene rings is 1. The van der Waals surface area contributed by atoms with Gasteiger partial charge < -0.3 is 14.5 Å². The van der Waals surface area contributed by atoms with Crippen LogP contribution in [0, 0.1) is 5.92 Å². The summed E-state index contributed by atoms with van der Waals surface area (Å²) in [7, 11) is 0.